The normalized spacial score (nSPS) is 16.9. The lowest BCUT2D eigenvalue weighted by molar-refractivity contribution is 0.317. The largest absolute Gasteiger partial charge is 0.330 e. The highest BCUT2D eigenvalue weighted by Gasteiger charge is 2.35. The van der Waals surface area contributed by atoms with Crippen molar-refractivity contribution in [1.29, 1.82) is 0 Å². The minimum atomic E-state index is -3.90. The van der Waals surface area contributed by atoms with Gasteiger partial charge >= 0.3 is 0 Å². The van der Waals surface area contributed by atoms with E-state index >= 15 is 0 Å². The van der Waals surface area contributed by atoms with Crippen LogP contribution in [0, 0.1) is 5.82 Å². The average Bonchev–Trinajstić information content (AvgIpc) is 2.93. The van der Waals surface area contributed by atoms with Gasteiger partial charge in [0.05, 0.1) is 0 Å². The molecule has 20 heavy (non-hydrogen) atoms. The van der Waals surface area contributed by atoms with Gasteiger partial charge in [0, 0.05) is 18.8 Å². The number of sulfonamides is 1. The van der Waals surface area contributed by atoms with Crippen LogP contribution < -0.4 is 5.73 Å². The molecule has 1 heterocycles. The van der Waals surface area contributed by atoms with Gasteiger partial charge in [0.15, 0.2) is 5.82 Å². The van der Waals surface area contributed by atoms with Gasteiger partial charge in [-0.05, 0) is 37.9 Å². The molecule has 1 aliphatic rings. The average molecular weight is 301 g/mol. The molecule has 1 aromatic heterocycles. The van der Waals surface area contributed by atoms with Crippen LogP contribution in [0.3, 0.4) is 0 Å². The van der Waals surface area contributed by atoms with E-state index in [2.05, 4.69) is 4.98 Å². The Kier molecular flexibility index (Phi) is 5.06. The lowest BCUT2D eigenvalue weighted by Gasteiger charge is -2.27. The zero-order valence-electron chi connectivity index (χ0n) is 11.3. The molecule has 1 aliphatic carbocycles. The number of rotatable bonds is 6. The van der Waals surface area contributed by atoms with E-state index in [0.29, 0.717) is 19.5 Å². The first-order chi connectivity index (χ1) is 9.57. The van der Waals surface area contributed by atoms with Crippen molar-refractivity contribution in [3.05, 3.63) is 24.1 Å². The Labute approximate surface area is 119 Å². The fourth-order valence-electron chi connectivity index (χ4n) is 2.61. The summed E-state index contributed by atoms with van der Waals surface area (Å²) >= 11 is 0. The predicted octanol–water partition coefficient (Wildman–Crippen LogP) is 1.50. The maximum Gasteiger partial charge on any atom is 0.263 e. The van der Waals surface area contributed by atoms with Crippen molar-refractivity contribution >= 4 is 10.0 Å². The number of pyridine rings is 1. The Morgan fingerprint density at radius 3 is 2.70 bits per heavy atom. The van der Waals surface area contributed by atoms with Crippen LogP contribution in [-0.4, -0.2) is 36.8 Å². The second kappa shape index (κ2) is 6.60. The number of nitrogens with zero attached hydrogens (tertiary/aromatic N) is 2. The minimum absolute atomic E-state index is 0.0621. The molecule has 0 radical (unpaired) electrons. The molecule has 0 saturated heterocycles. The molecule has 0 spiro atoms. The highest BCUT2D eigenvalue weighted by molar-refractivity contribution is 7.89. The van der Waals surface area contributed by atoms with Crippen LogP contribution in [0.1, 0.15) is 32.1 Å². The summed E-state index contributed by atoms with van der Waals surface area (Å²) in [5, 5.41) is -0.482. The molecule has 0 unspecified atom stereocenters. The molecule has 0 aliphatic heterocycles. The first-order valence-corrected chi connectivity index (χ1v) is 8.34. The van der Waals surface area contributed by atoms with E-state index in [1.807, 2.05) is 0 Å². The van der Waals surface area contributed by atoms with Gasteiger partial charge < -0.3 is 5.73 Å². The Morgan fingerprint density at radius 1 is 1.40 bits per heavy atom. The molecule has 1 aromatic rings. The number of nitrogens with two attached hydrogens (primary N) is 1. The number of halogens is 1. The SMILES string of the molecule is NCCCN(C1CCCC1)S(=O)(=O)c1ncccc1F. The van der Waals surface area contributed by atoms with E-state index < -0.39 is 20.9 Å². The molecule has 0 atom stereocenters. The van der Waals surface area contributed by atoms with E-state index in [1.54, 1.807) is 0 Å². The maximum absolute atomic E-state index is 13.8. The molecular formula is C13H20FN3O2S. The first kappa shape index (κ1) is 15.3. The summed E-state index contributed by atoms with van der Waals surface area (Å²) in [5.41, 5.74) is 5.48. The quantitative estimate of drug-likeness (QED) is 0.864. The first-order valence-electron chi connectivity index (χ1n) is 6.90. The number of aromatic nitrogens is 1. The summed E-state index contributed by atoms with van der Waals surface area (Å²) in [5.74, 6) is -0.803. The van der Waals surface area contributed by atoms with Crippen molar-refractivity contribution in [3.8, 4) is 0 Å². The van der Waals surface area contributed by atoms with Gasteiger partial charge in [0.25, 0.3) is 10.0 Å². The van der Waals surface area contributed by atoms with Crippen LogP contribution in [0.2, 0.25) is 0 Å². The molecule has 0 amide bonds. The molecule has 2 N–H and O–H groups in total. The lowest BCUT2D eigenvalue weighted by atomic mass is 10.2. The fraction of sp³-hybridized carbons (Fsp3) is 0.615. The highest BCUT2D eigenvalue weighted by Crippen LogP contribution is 2.28. The van der Waals surface area contributed by atoms with Crippen molar-refractivity contribution in [2.24, 2.45) is 5.73 Å². The predicted molar refractivity (Wildman–Crippen MR) is 74.0 cm³/mol. The minimum Gasteiger partial charge on any atom is -0.330 e. The third-order valence-electron chi connectivity index (χ3n) is 3.59. The standard InChI is InChI=1S/C13H20FN3O2S/c14-12-7-3-9-16-13(12)20(18,19)17(10-4-8-15)11-5-1-2-6-11/h3,7,9,11H,1-2,4-6,8,10,15H2. The maximum atomic E-state index is 13.8. The van der Waals surface area contributed by atoms with E-state index in [4.69, 9.17) is 5.73 Å². The van der Waals surface area contributed by atoms with Crippen molar-refractivity contribution in [3.63, 3.8) is 0 Å². The highest BCUT2D eigenvalue weighted by atomic mass is 32.2. The van der Waals surface area contributed by atoms with Crippen LogP contribution in [-0.2, 0) is 10.0 Å². The molecular weight excluding hydrogens is 281 g/mol. The molecule has 0 aromatic carbocycles. The van der Waals surface area contributed by atoms with Crippen LogP contribution in [0.15, 0.2) is 23.4 Å². The molecule has 2 rings (SSSR count). The fourth-order valence-corrected chi connectivity index (χ4v) is 4.31. The van der Waals surface area contributed by atoms with Gasteiger partial charge in [0.1, 0.15) is 0 Å². The van der Waals surface area contributed by atoms with Crippen LogP contribution >= 0.6 is 0 Å². The van der Waals surface area contributed by atoms with Crippen molar-refractivity contribution in [2.45, 2.75) is 43.2 Å². The van der Waals surface area contributed by atoms with Gasteiger partial charge in [-0.2, -0.15) is 4.31 Å². The summed E-state index contributed by atoms with van der Waals surface area (Å²) in [6.45, 7) is 0.725. The smallest absolute Gasteiger partial charge is 0.263 e. The van der Waals surface area contributed by atoms with Crippen molar-refractivity contribution in [2.75, 3.05) is 13.1 Å². The Hall–Kier alpha value is -1.05. The van der Waals surface area contributed by atoms with E-state index in [9.17, 15) is 12.8 Å². The van der Waals surface area contributed by atoms with Gasteiger partial charge in [0.2, 0.25) is 5.03 Å². The molecule has 1 saturated carbocycles. The summed E-state index contributed by atoms with van der Waals surface area (Å²) < 4.78 is 40.4. The summed E-state index contributed by atoms with van der Waals surface area (Å²) in [4.78, 5) is 3.71. The third kappa shape index (κ3) is 3.16. The third-order valence-corrected chi connectivity index (χ3v) is 5.48. The van der Waals surface area contributed by atoms with Crippen LogP contribution in [0.5, 0.6) is 0 Å². The van der Waals surface area contributed by atoms with Crippen LogP contribution in [0.25, 0.3) is 0 Å². The van der Waals surface area contributed by atoms with E-state index in [0.717, 1.165) is 31.7 Å². The zero-order valence-corrected chi connectivity index (χ0v) is 12.2. The zero-order chi connectivity index (χ0) is 14.6. The van der Waals surface area contributed by atoms with E-state index in [-0.39, 0.29) is 6.04 Å². The molecule has 0 bridgehead atoms. The topological polar surface area (TPSA) is 76.3 Å². The number of hydrogen-bond acceptors (Lipinski definition) is 4. The van der Waals surface area contributed by atoms with Gasteiger partial charge in [-0.25, -0.2) is 17.8 Å². The second-order valence-corrected chi connectivity index (χ2v) is 6.79. The molecule has 5 nitrogen and oxygen atoms in total. The molecule has 112 valence electrons. The summed E-state index contributed by atoms with van der Waals surface area (Å²) in [6.07, 6.45) is 5.50. The van der Waals surface area contributed by atoms with Crippen LogP contribution in [0.4, 0.5) is 4.39 Å². The Balaban J connectivity index is 2.33. The van der Waals surface area contributed by atoms with Gasteiger partial charge in [-0.15, -0.1) is 0 Å². The Bertz CT molecular complexity index is 544. The number of hydrogen-bond donors (Lipinski definition) is 1. The second-order valence-electron chi connectivity index (χ2n) is 4.99. The molecule has 7 heteroatoms. The van der Waals surface area contributed by atoms with Gasteiger partial charge in [-0.3, -0.25) is 0 Å². The lowest BCUT2D eigenvalue weighted by Crippen LogP contribution is -2.40. The monoisotopic (exact) mass is 301 g/mol. The molecule has 1 fully saturated rings. The summed E-state index contributed by atoms with van der Waals surface area (Å²) in [6, 6.07) is 2.44. The van der Waals surface area contributed by atoms with Gasteiger partial charge in [-0.1, -0.05) is 12.8 Å². The van der Waals surface area contributed by atoms with Crippen molar-refractivity contribution < 1.29 is 12.8 Å². The van der Waals surface area contributed by atoms with Crippen molar-refractivity contribution in [1.82, 2.24) is 9.29 Å². The van der Waals surface area contributed by atoms with E-state index in [1.165, 1.54) is 16.6 Å². The summed E-state index contributed by atoms with van der Waals surface area (Å²) in [7, 11) is -3.90. The Morgan fingerprint density at radius 2 is 2.10 bits per heavy atom.